The van der Waals surface area contributed by atoms with Crippen molar-refractivity contribution in [1.82, 2.24) is 9.88 Å². The van der Waals surface area contributed by atoms with Crippen LogP contribution in [0.2, 0.25) is 0 Å². The second-order valence-electron chi connectivity index (χ2n) is 6.30. The molecule has 1 heterocycles. The first-order valence-corrected chi connectivity index (χ1v) is 9.36. The summed E-state index contributed by atoms with van der Waals surface area (Å²) >= 11 is 1.62. The van der Waals surface area contributed by atoms with Crippen LogP contribution in [0.1, 0.15) is 43.9 Å². The van der Waals surface area contributed by atoms with Crippen molar-refractivity contribution in [3.05, 3.63) is 40.9 Å². The normalized spacial score (nSPS) is 15.0. The van der Waals surface area contributed by atoms with Gasteiger partial charge in [0.15, 0.2) is 0 Å². The van der Waals surface area contributed by atoms with Gasteiger partial charge in [-0.25, -0.2) is 4.98 Å². The molecule has 4 heteroatoms. The van der Waals surface area contributed by atoms with E-state index in [1.54, 1.807) is 11.3 Å². The van der Waals surface area contributed by atoms with Crippen LogP contribution in [0.3, 0.4) is 0 Å². The summed E-state index contributed by atoms with van der Waals surface area (Å²) in [6.07, 6.45) is 5.24. The molecule has 23 heavy (non-hydrogen) atoms. The lowest BCUT2D eigenvalue weighted by atomic mass is 10.1. The Labute approximate surface area is 142 Å². The number of rotatable bonds is 5. The lowest BCUT2D eigenvalue weighted by Gasteiger charge is -2.27. The van der Waals surface area contributed by atoms with Crippen molar-refractivity contribution in [2.24, 2.45) is 0 Å². The van der Waals surface area contributed by atoms with Crippen molar-refractivity contribution in [2.75, 3.05) is 6.54 Å². The van der Waals surface area contributed by atoms with Crippen molar-refractivity contribution in [2.45, 2.75) is 52.0 Å². The molecule has 0 radical (unpaired) electrons. The molecule has 3 rings (SSSR count). The minimum atomic E-state index is 0.222. The summed E-state index contributed by atoms with van der Waals surface area (Å²) in [4.78, 5) is 19.3. The third-order valence-corrected chi connectivity index (χ3v) is 5.55. The van der Waals surface area contributed by atoms with Gasteiger partial charge in [0, 0.05) is 23.5 Å². The molecule has 0 bridgehead atoms. The molecule has 1 aromatic carbocycles. The highest BCUT2D eigenvalue weighted by molar-refractivity contribution is 7.13. The monoisotopic (exact) mass is 328 g/mol. The Bertz CT molecular complexity index is 656. The van der Waals surface area contributed by atoms with Gasteiger partial charge in [-0.3, -0.25) is 4.79 Å². The van der Waals surface area contributed by atoms with E-state index in [4.69, 9.17) is 0 Å². The van der Waals surface area contributed by atoms with Gasteiger partial charge in [-0.15, -0.1) is 11.3 Å². The maximum atomic E-state index is 12.6. The number of benzene rings is 1. The standard InChI is InChI=1S/C19H24N2OS/c1-3-21(17-6-4-5-7-17)18(22)12-16-13-23-19(20-16)15-10-8-14(2)9-11-15/h8-11,13,17H,3-7,12H2,1-2H3. The Morgan fingerprint density at radius 1 is 1.26 bits per heavy atom. The number of hydrogen-bond acceptors (Lipinski definition) is 3. The van der Waals surface area contributed by atoms with E-state index in [2.05, 4.69) is 48.0 Å². The van der Waals surface area contributed by atoms with Crippen molar-refractivity contribution in [1.29, 1.82) is 0 Å². The van der Waals surface area contributed by atoms with Crippen LogP contribution in [0.25, 0.3) is 10.6 Å². The van der Waals surface area contributed by atoms with E-state index in [9.17, 15) is 4.79 Å². The van der Waals surface area contributed by atoms with Gasteiger partial charge in [-0.2, -0.15) is 0 Å². The van der Waals surface area contributed by atoms with Crippen LogP contribution in [0.4, 0.5) is 0 Å². The summed E-state index contributed by atoms with van der Waals surface area (Å²) in [6, 6.07) is 8.83. The summed E-state index contributed by atoms with van der Waals surface area (Å²) in [5.41, 5.74) is 3.27. The van der Waals surface area contributed by atoms with E-state index in [1.807, 2.05) is 5.38 Å². The second-order valence-corrected chi connectivity index (χ2v) is 7.16. The summed E-state index contributed by atoms with van der Waals surface area (Å²) in [5, 5.41) is 3.02. The molecule has 2 aromatic rings. The number of aromatic nitrogens is 1. The number of hydrogen-bond donors (Lipinski definition) is 0. The molecular formula is C19H24N2OS. The molecule has 0 aliphatic heterocycles. The molecule has 1 aliphatic rings. The Hall–Kier alpha value is -1.68. The fraction of sp³-hybridized carbons (Fsp3) is 0.474. The smallest absolute Gasteiger partial charge is 0.228 e. The minimum absolute atomic E-state index is 0.222. The Balaban J connectivity index is 1.68. The molecule has 0 atom stereocenters. The van der Waals surface area contributed by atoms with Crippen LogP contribution in [-0.4, -0.2) is 28.4 Å². The number of amides is 1. The fourth-order valence-electron chi connectivity index (χ4n) is 3.33. The van der Waals surface area contributed by atoms with Crippen molar-refractivity contribution in [3.8, 4) is 10.6 Å². The Morgan fingerprint density at radius 3 is 2.61 bits per heavy atom. The van der Waals surface area contributed by atoms with Gasteiger partial charge in [-0.05, 0) is 26.7 Å². The van der Waals surface area contributed by atoms with Gasteiger partial charge in [0.25, 0.3) is 0 Å². The average Bonchev–Trinajstić information content (AvgIpc) is 3.21. The zero-order valence-corrected chi connectivity index (χ0v) is 14.7. The highest BCUT2D eigenvalue weighted by Crippen LogP contribution is 2.26. The molecule has 1 saturated carbocycles. The molecule has 122 valence electrons. The van der Waals surface area contributed by atoms with E-state index in [-0.39, 0.29) is 5.91 Å². The quantitative estimate of drug-likeness (QED) is 0.812. The van der Waals surface area contributed by atoms with E-state index in [1.165, 1.54) is 18.4 Å². The largest absolute Gasteiger partial charge is 0.340 e. The lowest BCUT2D eigenvalue weighted by molar-refractivity contribution is -0.132. The van der Waals surface area contributed by atoms with Gasteiger partial charge in [0.05, 0.1) is 12.1 Å². The van der Waals surface area contributed by atoms with E-state index < -0.39 is 0 Å². The Morgan fingerprint density at radius 2 is 1.96 bits per heavy atom. The molecular weight excluding hydrogens is 304 g/mol. The van der Waals surface area contributed by atoms with E-state index in [0.717, 1.165) is 35.7 Å². The van der Waals surface area contributed by atoms with Gasteiger partial charge in [-0.1, -0.05) is 42.7 Å². The summed E-state index contributed by atoms with van der Waals surface area (Å²) in [6.45, 7) is 4.96. The van der Waals surface area contributed by atoms with Crippen LogP contribution in [0.15, 0.2) is 29.6 Å². The number of aryl methyl sites for hydroxylation is 1. The van der Waals surface area contributed by atoms with Crippen LogP contribution >= 0.6 is 11.3 Å². The molecule has 0 spiro atoms. The van der Waals surface area contributed by atoms with E-state index >= 15 is 0 Å². The predicted octanol–water partition coefficient (Wildman–Crippen LogP) is 4.45. The highest BCUT2D eigenvalue weighted by Gasteiger charge is 2.25. The van der Waals surface area contributed by atoms with Gasteiger partial charge in [0.2, 0.25) is 5.91 Å². The van der Waals surface area contributed by atoms with Crippen LogP contribution in [-0.2, 0) is 11.2 Å². The third kappa shape index (κ3) is 3.81. The first-order chi connectivity index (χ1) is 11.2. The van der Waals surface area contributed by atoms with Crippen molar-refractivity contribution >= 4 is 17.2 Å². The number of likely N-dealkylation sites (N-methyl/N-ethyl adjacent to an activating group) is 1. The zero-order valence-electron chi connectivity index (χ0n) is 13.9. The Kier molecular flexibility index (Phi) is 5.11. The predicted molar refractivity (Wildman–Crippen MR) is 95.6 cm³/mol. The van der Waals surface area contributed by atoms with Crippen molar-refractivity contribution < 1.29 is 4.79 Å². The van der Waals surface area contributed by atoms with Gasteiger partial charge < -0.3 is 4.90 Å². The molecule has 1 aromatic heterocycles. The number of nitrogens with zero attached hydrogens (tertiary/aromatic N) is 2. The van der Waals surface area contributed by atoms with Gasteiger partial charge in [0.1, 0.15) is 5.01 Å². The maximum absolute atomic E-state index is 12.6. The lowest BCUT2D eigenvalue weighted by Crippen LogP contribution is -2.39. The molecule has 1 fully saturated rings. The summed E-state index contributed by atoms with van der Waals surface area (Å²) in [7, 11) is 0. The number of carbonyl (C=O) groups is 1. The topological polar surface area (TPSA) is 33.2 Å². The minimum Gasteiger partial charge on any atom is -0.340 e. The van der Waals surface area contributed by atoms with Gasteiger partial charge >= 0.3 is 0 Å². The third-order valence-electron chi connectivity index (χ3n) is 4.61. The van der Waals surface area contributed by atoms with Crippen LogP contribution in [0, 0.1) is 6.92 Å². The molecule has 0 saturated heterocycles. The first-order valence-electron chi connectivity index (χ1n) is 8.48. The molecule has 3 nitrogen and oxygen atoms in total. The molecule has 1 aliphatic carbocycles. The summed E-state index contributed by atoms with van der Waals surface area (Å²) in [5.74, 6) is 0.222. The van der Waals surface area contributed by atoms with Crippen LogP contribution < -0.4 is 0 Å². The summed E-state index contributed by atoms with van der Waals surface area (Å²) < 4.78 is 0. The second kappa shape index (κ2) is 7.26. The molecule has 0 N–H and O–H groups in total. The van der Waals surface area contributed by atoms with E-state index in [0.29, 0.717) is 12.5 Å². The number of carbonyl (C=O) groups excluding carboxylic acids is 1. The SMILES string of the molecule is CCN(C(=O)Cc1csc(-c2ccc(C)cc2)n1)C1CCCC1. The fourth-order valence-corrected chi connectivity index (χ4v) is 4.15. The maximum Gasteiger partial charge on any atom is 0.228 e. The highest BCUT2D eigenvalue weighted by atomic mass is 32.1. The average molecular weight is 328 g/mol. The first kappa shape index (κ1) is 16.2. The number of thiazole rings is 1. The zero-order chi connectivity index (χ0) is 16.2. The van der Waals surface area contributed by atoms with Crippen LogP contribution in [0.5, 0.6) is 0 Å². The molecule has 1 amide bonds. The molecule has 0 unspecified atom stereocenters. The van der Waals surface area contributed by atoms with Crippen molar-refractivity contribution in [3.63, 3.8) is 0 Å².